The van der Waals surface area contributed by atoms with Gasteiger partial charge in [-0.1, -0.05) is 19.8 Å². The lowest BCUT2D eigenvalue weighted by Gasteiger charge is -2.16. The third kappa shape index (κ3) is 4.55. The van der Waals surface area contributed by atoms with E-state index in [4.69, 9.17) is 10.2 Å². The minimum atomic E-state index is -3.79. The van der Waals surface area contributed by atoms with E-state index in [1.165, 1.54) is 14.0 Å². The molecule has 0 spiro atoms. The fourth-order valence-electron chi connectivity index (χ4n) is 1.89. The van der Waals surface area contributed by atoms with Crippen molar-refractivity contribution in [2.75, 3.05) is 13.7 Å². The maximum Gasteiger partial charge on any atom is 0.373 e. The van der Waals surface area contributed by atoms with Crippen molar-refractivity contribution >= 4 is 16.0 Å². The van der Waals surface area contributed by atoms with Gasteiger partial charge in [0.25, 0.3) is 0 Å². The highest BCUT2D eigenvalue weighted by molar-refractivity contribution is 7.89. The maximum atomic E-state index is 12.3. The van der Waals surface area contributed by atoms with E-state index >= 15 is 0 Å². The third-order valence-corrected chi connectivity index (χ3v) is 4.69. The molecule has 0 aliphatic carbocycles. The van der Waals surface area contributed by atoms with Crippen molar-refractivity contribution in [2.45, 2.75) is 44.0 Å². The Morgan fingerprint density at radius 1 is 1.52 bits per heavy atom. The fourth-order valence-corrected chi connectivity index (χ4v) is 3.35. The van der Waals surface area contributed by atoms with Crippen LogP contribution in [0.15, 0.2) is 15.4 Å². The van der Waals surface area contributed by atoms with Gasteiger partial charge < -0.3 is 14.9 Å². The Balaban J connectivity index is 2.96. The van der Waals surface area contributed by atoms with Crippen molar-refractivity contribution in [3.05, 3.63) is 17.6 Å². The molecule has 0 amide bonds. The highest BCUT2D eigenvalue weighted by Gasteiger charge is 2.26. The number of hydrogen-bond donors (Lipinski definition) is 2. The molecular formula is C13H22N2O5S. The summed E-state index contributed by atoms with van der Waals surface area (Å²) in [6.45, 7) is 3.70. The molecule has 1 heterocycles. The Kier molecular flexibility index (Phi) is 6.38. The lowest BCUT2D eigenvalue weighted by molar-refractivity contribution is 0.0563. The molecule has 0 saturated heterocycles. The predicted octanol–water partition coefficient (Wildman–Crippen LogP) is 1.17. The van der Waals surface area contributed by atoms with Crippen molar-refractivity contribution < 1.29 is 22.4 Å². The quantitative estimate of drug-likeness (QED) is 0.696. The van der Waals surface area contributed by atoms with Gasteiger partial charge >= 0.3 is 5.97 Å². The van der Waals surface area contributed by atoms with Crippen molar-refractivity contribution in [3.63, 3.8) is 0 Å². The molecule has 1 aromatic rings. The highest BCUT2D eigenvalue weighted by Crippen LogP contribution is 2.21. The molecule has 120 valence electrons. The monoisotopic (exact) mass is 318 g/mol. The first-order valence-corrected chi connectivity index (χ1v) is 8.25. The second-order valence-electron chi connectivity index (χ2n) is 4.72. The zero-order valence-corrected chi connectivity index (χ0v) is 13.3. The van der Waals surface area contributed by atoms with Crippen LogP contribution in [0, 0.1) is 6.92 Å². The zero-order chi connectivity index (χ0) is 16.0. The average molecular weight is 318 g/mol. The molecule has 0 fully saturated rings. The number of methoxy groups -OCH3 is 1. The van der Waals surface area contributed by atoms with Crippen LogP contribution in [-0.2, 0) is 14.8 Å². The lowest BCUT2D eigenvalue weighted by atomic mass is 10.1. The number of sulfonamides is 1. The van der Waals surface area contributed by atoms with E-state index in [9.17, 15) is 13.2 Å². The number of unbranched alkanes of at least 4 members (excludes halogenated alkanes) is 1. The third-order valence-electron chi connectivity index (χ3n) is 3.06. The number of carbonyl (C=O) groups excluding carboxylic acids is 1. The number of furan rings is 1. The smallest absolute Gasteiger partial charge is 0.373 e. The summed E-state index contributed by atoms with van der Waals surface area (Å²) in [4.78, 5) is 11.3. The SMILES string of the molecule is CCCCC(CN)NS(=O)(=O)c1cc(C(=O)OC)oc1C. The van der Waals surface area contributed by atoms with Gasteiger partial charge in [0.2, 0.25) is 15.8 Å². The number of carbonyl (C=O) groups is 1. The molecule has 0 bridgehead atoms. The number of nitrogens with one attached hydrogen (secondary N) is 1. The first-order valence-electron chi connectivity index (χ1n) is 6.76. The summed E-state index contributed by atoms with van der Waals surface area (Å²) in [5.41, 5.74) is 5.59. The summed E-state index contributed by atoms with van der Waals surface area (Å²) < 4.78 is 36.8. The first-order chi connectivity index (χ1) is 9.85. The number of rotatable bonds is 8. The molecule has 1 unspecified atom stereocenters. The molecule has 21 heavy (non-hydrogen) atoms. The van der Waals surface area contributed by atoms with Gasteiger partial charge in [0.1, 0.15) is 10.7 Å². The molecule has 7 nitrogen and oxygen atoms in total. The zero-order valence-electron chi connectivity index (χ0n) is 12.5. The average Bonchev–Trinajstić information content (AvgIpc) is 2.85. The van der Waals surface area contributed by atoms with Crippen LogP contribution < -0.4 is 10.5 Å². The summed E-state index contributed by atoms with van der Waals surface area (Å²) in [5, 5.41) is 0. The van der Waals surface area contributed by atoms with Gasteiger partial charge in [0.05, 0.1) is 7.11 Å². The number of esters is 1. The lowest BCUT2D eigenvalue weighted by Crippen LogP contribution is -2.40. The molecular weight excluding hydrogens is 296 g/mol. The van der Waals surface area contributed by atoms with Gasteiger partial charge in [0, 0.05) is 18.7 Å². The Labute approximate surface area is 124 Å². The minimum Gasteiger partial charge on any atom is -0.463 e. The van der Waals surface area contributed by atoms with E-state index in [1.54, 1.807) is 0 Å². The fraction of sp³-hybridized carbons (Fsp3) is 0.615. The van der Waals surface area contributed by atoms with Crippen molar-refractivity contribution in [1.29, 1.82) is 0 Å². The van der Waals surface area contributed by atoms with E-state index < -0.39 is 16.0 Å². The summed E-state index contributed by atoms with van der Waals surface area (Å²) in [7, 11) is -2.59. The van der Waals surface area contributed by atoms with E-state index in [0.29, 0.717) is 6.42 Å². The summed E-state index contributed by atoms with van der Waals surface area (Å²) >= 11 is 0. The van der Waals surface area contributed by atoms with Gasteiger partial charge in [0.15, 0.2) is 0 Å². The molecule has 8 heteroatoms. The van der Waals surface area contributed by atoms with Gasteiger partial charge in [-0.15, -0.1) is 0 Å². The van der Waals surface area contributed by atoms with Crippen LogP contribution in [-0.4, -0.2) is 34.1 Å². The topological polar surface area (TPSA) is 112 Å². The predicted molar refractivity (Wildman–Crippen MR) is 77.5 cm³/mol. The molecule has 1 rings (SSSR count). The highest BCUT2D eigenvalue weighted by atomic mass is 32.2. The van der Waals surface area contributed by atoms with Crippen molar-refractivity contribution in [2.24, 2.45) is 5.73 Å². The summed E-state index contributed by atoms with van der Waals surface area (Å²) in [6, 6.07) is 0.822. The van der Waals surface area contributed by atoms with Crippen LogP contribution >= 0.6 is 0 Å². The Morgan fingerprint density at radius 3 is 2.71 bits per heavy atom. The number of ether oxygens (including phenoxy) is 1. The van der Waals surface area contributed by atoms with Crippen LogP contribution in [0.3, 0.4) is 0 Å². The van der Waals surface area contributed by atoms with Crippen LogP contribution in [0.25, 0.3) is 0 Å². The molecule has 1 aromatic heterocycles. The van der Waals surface area contributed by atoms with E-state index in [-0.39, 0.29) is 29.0 Å². The number of aryl methyl sites for hydroxylation is 1. The van der Waals surface area contributed by atoms with Gasteiger partial charge in [-0.3, -0.25) is 0 Å². The van der Waals surface area contributed by atoms with Crippen LogP contribution in [0.5, 0.6) is 0 Å². The Hall–Kier alpha value is -1.38. The van der Waals surface area contributed by atoms with Crippen molar-refractivity contribution in [1.82, 2.24) is 4.72 Å². The second-order valence-corrected chi connectivity index (χ2v) is 6.40. The summed E-state index contributed by atoms with van der Waals surface area (Å²) in [5.74, 6) is -0.733. The van der Waals surface area contributed by atoms with E-state index in [0.717, 1.165) is 18.9 Å². The molecule has 0 aliphatic heterocycles. The van der Waals surface area contributed by atoms with Gasteiger partial charge in [-0.25, -0.2) is 17.9 Å². The van der Waals surface area contributed by atoms with Crippen LogP contribution in [0.2, 0.25) is 0 Å². The second kappa shape index (κ2) is 7.58. The van der Waals surface area contributed by atoms with E-state index in [2.05, 4.69) is 9.46 Å². The van der Waals surface area contributed by atoms with Gasteiger partial charge in [-0.2, -0.15) is 0 Å². The van der Waals surface area contributed by atoms with Crippen molar-refractivity contribution in [3.8, 4) is 0 Å². The number of hydrogen-bond acceptors (Lipinski definition) is 6. The molecule has 0 aliphatic rings. The Bertz CT molecular complexity index is 579. The largest absolute Gasteiger partial charge is 0.463 e. The van der Waals surface area contributed by atoms with Gasteiger partial charge in [-0.05, 0) is 13.3 Å². The van der Waals surface area contributed by atoms with E-state index in [1.807, 2.05) is 6.92 Å². The molecule has 1 atom stereocenters. The normalized spacial score (nSPS) is 13.1. The summed E-state index contributed by atoms with van der Waals surface area (Å²) in [6.07, 6.45) is 2.49. The molecule has 0 aromatic carbocycles. The molecule has 0 saturated carbocycles. The first kappa shape index (κ1) is 17.7. The minimum absolute atomic E-state index is 0.0714. The number of nitrogens with two attached hydrogens (primary N) is 1. The Morgan fingerprint density at radius 2 is 2.19 bits per heavy atom. The van der Waals surface area contributed by atoms with Crippen LogP contribution in [0.4, 0.5) is 0 Å². The maximum absolute atomic E-state index is 12.3. The standard InChI is InChI=1S/C13H22N2O5S/c1-4-5-6-10(8-14)15-21(17,18)12-7-11(13(16)19-3)20-9(12)2/h7,10,15H,4-6,8,14H2,1-3H3. The molecule has 0 radical (unpaired) electrons. The molecule has 3 N–H and O–H groups in total. The van der Waals surface area contributed by atoms with Crippen LogP contribution in [0.1, 0.15) is 42.5 Å².